The Morgan fingerprint density at radius 3 is 2.76 bits per heavy atom. The Morgan fingerprint density at radius 1 is 1.24 bits per heavy atom. The molecule has 1 unspecified atom stereocenters. The van der Waals surface area contributed by atoms with Gasteiger partial charge in [0.15, 0.2) is 5.16 Å². The molecule has 3 amide bonds. The number of hydrogen-bond acceptors (Lipinski definition) is 7. The summed E-state index contributed by atoms with van der Waals surface area (Å²) in [6.07, 6.45) is -0.213. The smallest absolute Gasteiger partial charge is 0.256 e. The number of nitrogens with one attached hydrogen (secondary N) is 2. The molecule has 0 aliphatic carbocycles. The first kappa shape index (κ1) is 22.6. The SMILES string of the molecule is Cc1cc(C)n2c(SCC(=O)N3CCNC(=O)C3CC(=O)Nc3ccc(F)cc3)nnc2n1. The predicted octanol–water partition coefficient (Wildman–Crippen LogP) is 1.33. The third kappa shape index (κ3) is 5.11. The zero-order valence-corrected chi connectivity index (χ0v) is 18.9. The van der Waals surface area contributed by atoms with Crippen LogP contribution in [0, 0.1) is 19.7 Å². The van der Waals surface area contributed by atoms with Crippen molar-refractivity contribution in [2.45, 2.75) is 31.5 Å². The van der Waals surface area contributed by atoms with Crippen molar-refractivity contribution in [3.05, 3.63) is 47.5 Å². The quantitative estimate of drug-likeness (QED) is 0.520. The molecular weight excluding hydrogens is 449 g/mol. The molecule has 0 saturated carbocycles. The molecule has 1 saturated heterocycles. The highest BCUT2D eigenvalue weighted by molar-refractivity contribution is 7.99. The summed E-state index contributed by atoms with van der Waals surface area (Å²) in [5.41, 5.74) is 2.12. The maximum Gasteiger partial charge on any atom is 0.256 e. The monoisotopic (exact) mass is 471 g/mol. The third-order valence-electron chi connectivity index (χ3n) is 5.15. The molecule has 172 valence electrons. The van der Waals surface area contributed by atoms with Gasteiger partial charge >= 0.3 is 0 Å². The summed E-state index contributed by atoms with van der Waals surface area (Å²) in [7, 11) is 0. The average molecular weight is 472 g/mol. The molecule has 3 heterocycles. The number of hydrogen-bond donors (Lipinski definition) is 2. The topological polar surface area (TPSA) is 122 Å². The van der Waals surface area contributed by atoms with E-state index in [2.05, 4.69) is 25.8 Å². The summed E-state index contributed by atoms with van der Waals surface area (Å²) in [5, 5.41) is 14.0. The van der Waals surface area contributed by atoms with Crippen molar-refractivity contribution in [1.82, 2.24) is 29.8 Å². The number of thioether (sulfide) groups is 1. The van der Waals surface area contributed by atoms with Crippen LogP contribution >= 0.6 is 11.8 Å². The Balaban J connectivity index is 1.42. The predicted molar refractivity (Wildman–Crippen MR) is 119 cm³/mol. The number of benzene rings is 1. The fourth-order valence-electron chi connectivity index (χ4n) is 3.64. The van der Waals surface area contributed by atoms with Gasteiger partial charge in [-0.25, -0.2) is 9.37 Å². The van der Waals surface area contributed by atoms with Crippen molar-refractivity contribution >= 4 is 40.9 Å². The van der Waals surface area contributed by atoms with Gasteiger partial charge in [-0.05, 0) is 44.2 Å². The molecule has 1 fully saturated rings. The molecule has 3 aromatic rings. The summed E-state index contributed by atoms with van der Waals surface area (Å²) in [4.78, 5) is 43.7. The largest absolute Gasteiger partial charge is 0.353 e. The van der Waals surface area contributed by atoms with Gasteiger partial charge in [0.25, 0.3) is 5.78 Å². The second-order valence-electron chi connectivity index (χ2n) is 7.60. The number of anilines is 1. The third-order valence-corrected chi connectivity index (χ3v) is 6.06. The number of aryl methyl sites for hydroxylation is 2. The highest BCUT2D eigenvalue weighted by Crippen LogP contribution is 2.21. The van der Waals surface area contributed by atoms with Gasteiger partial charge in [-0.3, -0.25) is 18.8 Å². The highest BCUT2D eigenvalue weighted by Gasteiger charge is 2.34. The number of halogens is 1. The lowest BCUT2D eigenvalue weighted by atomic mass is 10.1. The summed E-state index contributed by atoms with van der Waals surface area (Å²) in [5.74, 6) is -1.07. The van der Waals surface area contributed by atoms with E-state index in [1.165, 1.54) is 40.9 Å². The van der Waals surface area contributed by atoms with E-state index in [-0.39, 0.29) is 18.1 Å². The molecule has 0 bridgehead atoms. The van der Waals surface area contributed by atoms with E-state index >= 15 is 0 Å². The van der Waals surface area contributed by atoms with Crippen LogP contribution in [0.3, 0.4) is 0 Å². The van der Waals surface area contributed by atoms with Crippen LogP contribution in [0.1, 0.15) is 17.8 Å². The Labute approximate surface area is 193 Å². The van der Waals surface area contributed by atoms with Crippen molar-refractivity contribution in [2.75, 3.05) is 24.2 Å². The van der Waals surface area contributed by atoms with E-state index in [0.29, 0.717) is 29.7 Å². The molecule has 12 heteroatoms. The number of carbonyl (C=O) groups is 3. The number of piperazine rings is 1. The van der Waals surface area contributed by atoms with Crippen molar-refractivity contribution < 1.29 is 18.8 Å². The van der Waals surface area contributed by atoms with Gasteiger partial charge in [-0.15, -0.1) is 10.2 Å². The standard InChI is InChI=1S/C21H22FN7O3S/c1-12-9-13(2)29-20(24-12)26-27-21(29)33-11-18(31)28-8-7-23-19(32)16(28)10-17(30)25-15-5-3-14(22)4-6-15/h3-6,9,16H,7-8,10-11H2,1-2H3,(H,23,32)(H,25,30). The Kier molecular flexibility index (Phi) is 6.54. The maximum absolute atomic E-state index is 13.1. The molecular formula is C21H22FN7O3S. The van der Waals surface area contributed by atoms with Crippen LogP contribution < -0.4 is 10.6 Å². The van der Waals surface area contributed by atoms with Gasteiger partial charge in [0, 0.05) is 30.2 Å². The summed E-state index contributed by atoms with van der Waals surface area (Å²) < 4.78 is 14.8. The van der Waals surface area contributed by atoms with Crippen LogP contribution in [-0.4, -0.2) is 67.1 Å². The molecule has 1 aliphatic rings. The molecule has 1 aromatic carbocycles. The summed E-state index contributed by atoms with van der Waals surface area (Å²) in [6, 6.07) is 6.26. The molecule has 2 aromatic heterocycles. The van der Waals surface area contributed by atoms with Gasteiger partial charge in [-0.2, -0.15) is 0 Å². The van der Waals surface area contributed by atoms with Crippen molar-refractivity contribution in [3.8, 4) is 0 Å². The average Bonchev–Trinajstić information content (AvgIpc) is 3.18. The van der Waals surface area contributed by atoms with Gasteiger partial charge in [0.2, 0.25) is 17.7 Å². The van der Waals surface area contributed by atoms with E-state index in [0.717, 1.165) is 11.4 Å². The maximum atomic E-state index is 13.1. The second-order valence-corrected chi connectivity index (χ2v) is 8.54. The van der Waals surface area contributed by atoms with Crippen LogP contribution in [0.5, 0.6) is 0 Å². The molecule has 1 atom stereocenters. The fraction of sp³-hybridized carbons (Fsp3) is 0.333. The molecule has 0 spiro atoms. The summed E-state index contributed by atoms with van der Waals surface area (Å²) >= 11 is 1.19. The zero-order chi connectivity index (χ0) is 23.5. The Morgan fingerprint density at radius 2 is 2.00 bits per heavy atom. The lowest BCUT2D eigenvalue weighted by Crippen LogP contribution is -2.58. The minimum absolute atomic E-state index is 0.0253. The molecule has 0 radical (unpaired) electrons. The Hall–Kier alpha value is -3.54. The number of nitrogens with zero attached hydrogens (tertiary/aromatic N) is 5. The number of carbonyl (C=O) groups excluding carboxylic acids is 3. The molecule has 10 nitrogen and oxygen atoms in total. The van der Waals surface area contributed by atoms with Gasteiger partial charge < -0.3 is 15.5 Å². The van der Waals surface area contributed by atoms with E-state index in [4.69, 9.17) is 0 Å². The van der Waals surface area contributed by atoms with Crippen LogP contribution in [-0.2, 0) is 14.4 Å². The van der Waals surface area contributed by atoms with E-state index in [1.807, 2.05) is 19.9 Å². The van der Waals surface area contributed by atoms with Crippen LogP contribution in [0.4, 0.5) is 10.1 Å². The number of amides is 3. The zero-order valence-electron chi connectivity index (χ0n) is 18.0. The van der Waals surface area contributed by atoms with Gasteiger partial charge in [0.05, 0.1) is 12.2 Å². The molecule has 4 rings (SSSR count). The minimum atomic E-state index is -0.937. The van der Waals surface area contributed by atoms with Crippen molar-refractivity contribution in [1.29, 1.82) is 0 Å². The first-order chi connectivity index (χ1) is 15.8. The summed E-state index contributed by atoms with van der Waals surface area (Å²) in [6.45, 7) is 4.37. The van der Waals surface area contributed by atoms with Gasteiger partial charge in [-0.1, -0.05) is 11.8 Å². The van der Waals surface area contributed by atoms with Crippen LogP contribution in [0.15, 0.2) is 35.5 Å². The van der Waals surface area contributed by atoms with E-state index in [9.17, 15) is 18.8 Å². The van der Waals surface area contributed by atoms with E-state index in [1.54, 1.807) is 4.40 Å². The fourth-order valence-corrected chi connectivity index (χ4v) is 4.51. The normalized spacial score (nSPS) is 16.0. The number of fused-ring (bicyclic) bond motifs is 1. The van der Waals surface area contributed by atoms with E-state index < -0.39 is 23.7 Å². The highest BCUT2D eigenvalue weighted by atomic mass is 32.2. The number of rotatable bonds is 6. The molecule has 33 heavy (non-hydrogen) atoms. The first-order valence-electron chi connectivity index (χ1n) is 10.3. The minimum Gasteiger partial charge on any atom is -0.353 e. The number of aromatic nitrogens is 4. The molecule has 1 aliphatic heterocycles. The van der Waals surface area contributed by atoms with Crippen LogP contribution in [0.2, 0.25) is 0 Å². The van der Waals surface area contributed by atoms with Crippen molar-refractivity contribution in [2.24, 2.45) is 0 Å². The lowest BCUT2D eigenvalue weighted by Gasteiger charge is -2.34. The van der Waals surface area contributed by atoms with Gasteiger partial charge in [0.1, 0.15) is 11.9 Å². The second kappa shape index (κ2) is 9.53. The van der Waals surface area contributed by atoms with Crippen LogP contribution in [0.25, 0.3) is 5.78 Å². The molecule has 2 N–H and O–H groups in total. The van der Waals surface area contributed by atoms with Crippen molar-refractivity contribution in [3.63, 3.8) is 0 Å². The first-order valence-corrected chi connectivity index (χ1v) is 11.2. The Bertz CT molecular complexity index is 1210. The lowest BCUT2D eigenvalue weighted by molar-refractivity contribution is -0.142.